The summed E-state index contributed by atoms with van der Waals surface area (Å²) >= 11 is 0. The van der Waals surface area contributed by atoms with Gasteiger partial charge in [-0.3, -0.25) is 9.78 Å². The number of pyridine rings is 1. The molecule has 1 aliphatic rings. The molecule has 1 atom stereocenters. The lowest BCUT2D eigenvalue weighted by molar-refractivity contribution is -0.124. The Kier molecular flexibility index (Phi) is 3.87. The van der Waals surface area contributed by atoms with Gasteiger partial charge in [0.15, 0.2) is 5.78 Å². The molecule has 1 heterocycles. The van der Waals surface area contributed by atoms with E-state index in [0.29, 0.717) is 5.69 Å². The van der Waals surface area contributed by atoms with Crippen molar-refractivity contribution in [1.82, 2.24) is 4.98 Å². The van der Waals surface area contributed by atoms with E-state index in [1.807, 2.05) is 6.07 Å². The van der Waals surface area contributed by atoms with Crippen molar-refractivity contribution in [2.45, 2.75) is 38.0 Å². The second-order valence-electron chi connectivity index (χ2n) is 4.55. The number of carbonyl (C=O) groups is 1. The Labute approximate surface area is 101 Å². The fourth-order valence-electron chi connectivity index (χ4n) is 2.45. The molecule has 1 aromatic heterocycles. The molecule has 0 N–H and O–H groups in total. The second kappa shape index (κ2) is 5.58. The Morgan fingerprint density at radius 1 is 1.35 bits per heavy atom. The van der Waals surface area contributed by atoms with Crippen LogP contribution < -0.4 is 0 Å². The summed E-state index contributed by atoms with van der Waals surface area (Å²) in [5.74, 6) is -0.555. The molecule has 1 aromatic rings. The zero-order chi connectivity index (χ0) is 12.1. The van der Waals surface area contributed by atoms with Crippen LogP contribution in [-0.4, -0.2) is 10.8 Å². The van der Waals surface area contributed by atoms with E-state index in [1.54, 1.807) is 18.3 Å². The molecule has 1 unspecified atom stereocenters. The van der Waals surface area contributed by atoms with Crippen LogP contribution in [0.4, 0.5) is 0 Å². The molecule has 3 heteroatoms. The third-order valence-corrected chi connectivity index (χ3v) is 3.40. The maximum atomic E-state index is 12.3. The zero-order valence-electron chi connectivity index (χ0n) is 9.80. The van der Waals surface area contributed by atoms with Gasteiger partial charge in [0.1, 0.15) is 5.92 Å². The van der Waals surface area contributed by atoms with Gasteiger partial charge in [-0.05, 0) is 25.0 Å². The van der Waals surface area contributed by atoms with Gasteiger partial charge in [-0.1, -0.05) is 25.3 Å². The minimum absolute atomic E-state index is 0.0610. The van der Waals surface area contributed by atoms with Crippen LogP contribution >= 0.6 is 0 Å². The Hall–Kier alpha value is -1.69. The number of hydrogen-bond acceptors (Lipinski definition) is 3. The summed E-state index contributed by atoms with van der Waals surface area (Å²) in [5, 5.41) is 9.17. The van der Waals surface area contributed by atoms with E-state index in [4.69, 9.17) is 5.26 Å². The SMILES string of the molecule is N#CC(C(=O)C1CCCCC1)c1ccccn1. The van der Waals surface area contributed by atoms with Gasteiger partial charge < -0.3 is 0 Å². The largest absolute Gasteiger partial charge is 0.297 e. The van der Waals surface area contributed by atoms with Gasteiger partial charge in [0.05, 0.1) is 11.8 Å². The van der Waals surface area contributed by atoms with Crippen LogP contribution in [0.5, 0.6) is 0 Å². The van der Waals surface area contributed by atoms with Crippen molar-refractivity contribution >= 4 is 5.78 Å². The molecule has 0 radical (unpaired) electrons. The third kappa shape index (κ3) is 2.71. The number of nitriles is 1. The smallest absolute Gasteiger partial charge is 0.159 e. The number of rotatable bonds is 3. The molecular formula is C14H16N2O. The molecule has 0 saturated heterocycles. The first-order valence-electron chi connectivity index (χ1n) is 6.17. The normalized spacial score (nSPS) is 18.3. The highest BCUT2D eigenvalue weighted by Crippen LogP contribution is 2.29. The van der Waals surface area contributed by atoms with Crippen molar-refractivity contribution < 1.29 is 4.79 Å². The molecule has 2 rings (SSSR count). The quantitative estimate of drug-likeness (QED) is 0.799. The number of Topliss-reactive ketones (excluding diaryl/α,β-unsaturated/α-hetero) is 1. The van der Waals surface area contributed by atoms with E-state index < -0.39 is 5.92 Å². The first-order chi connectivity index (χ1) is 8.33. The molecule has 0 amide bonds. The van der Waals surface area contributed by atoms with E-state index in [1.165, 1.54) is 6.42 Å². The third-order valence-electron chi connectivity index (χ3n) is 3.40. The second-order valence-corrected chi connectivity index (χ2v) is 4.55. The number of hydrogen-bond donors (Lipinski definition) is 0. The molecule has 88 valence electrons. The van der Waals surface area contributed by atoms with Crippen LogP contribution in [0.3, 0.4) is 0 Å². The average Bonchev–Trinajstić information content (AvgIpc) is 2.42. The summed E-state index contributed by atoms with van der Waals surface area (Å²) in [7, 11) is 0. The predicted octanol–water partition coefficient (Wildman–Crippen LogP) is 2.84. The van der Waals surface area contributed by atoms with Crippen LogP contribution in [0.1, 0.15) is 43.7 Å². The van der Waals surface area contributed by atoms with Gasteiger partial charge in [0.2, 0.25) is 0 Å². The highest BCUT2D eigenvalue weighted by molar-refractivity contribution is 5.90. The van der Waals surface area contributed by atoms with Gasteiger partial charge in [0, 0.05) is 12.1 Å². The Bertz CT molecular complexity index is 416. The van der Waals surface area contributed by atoms with E-state index >= 15 is 0 Å². The summed E-state index contributed by atoms with van der Waals surface area (Å²) in [4.78, 5) is 16.4. The molecule has 0 aromatic carbocycles. The zero-order valence-corrected chi connectivity index (χ0v) is 9.80. The Balaban J connectivity index is 2.13. The summed E-state index contributed by atoms with van der Waals surface area (Å²) in [6, 6.07) is 7.48. The van der Waals surface area contributed by atoms with Crippen molar-refractivity contribution in [3.8, 4) is 6.07 Å². The van der Waals surface area contributed by atoms with E-state index in [2.05, 4.69) is 11.1 Å². The Morgan fingerprint density at radius 2 is 2.12 bits per heavy atom. The first-order valence-corrected chi connectivity index (χ1v) is 6.17. The van der Waals surface area contributed by atoms with Crippen molar-refractivity contribution in [1.29, 1.82) is 5.26 Å². The van der Waals surface area contributed by atoms with Crippen molar-refractivity contribution in [3.05, 3.63) is 30.1 Å². The van der Waals surface area contributed by atoms with Crippen LogP contribution in [0, 0.1) is 17.2 Å². The maximum Gasteiger partial charge on any atom is 0.159 e. The molecule has 3 nitrogen and oxygen atoms in total. The Morgan fingerprint density at radius 3 is 2.71 bits per heavy atom. The summed E-state index contributed by atoms with van der Waals surface area (Å²) < 4.78 is 0. The molecule has 1 fully saturated rings. The van der Waals surface area contributed by atoms with Crippen LogP contribution in [0.25, 0.3) is 0 Å². The monoisotopic (exact) mass is 228 g/mol. The van der Waals surface area contributed by atoms with Gasteiger partial charge in [-0.15, -0.1) is 0 Å². The molecule has 1 saturated carbocycles. The highest BCUT2D eigenvalue weighted by Gasteiger charge is 2.29. The lowest BCUT2D eigenvalue weighted by Gasteiger charge is -2.22. The lowest BCUT2D eigenvalue weighted by Crippen LogP contribution is -2.24. The predicted molar refractivity (Wildman–Crippen MR) is 64.2 cm³/mol. The van der Waals surface area contributed by atoms with Gasteiger partial charge in [0.25, 0.3) is 0 Å². The van der Waals surface area contributed by atoms with Crippen LogP contribution in [-0.2, 0) is 4.79 Å². The summed E-state index contributed by atoms with van der Waals surface area (Å²) in [5.41, 5.74) is 0.588. The van der Waals surface area contributed by atoms with Crippen molar-refractivity contribution in [2.24, 2.45) is 5.92 Å². The molecule has 1 aliphatic carbocycles. The summed E-state index contributed by atoms with van der Waals surface area (Å²) in [6.45, 7) is 0. The van der Waals surface area contributed by atoms with Crippen LogP contribution in [0.15, 0.2) is 24.4 Å². The van der Waals surface area contributed by atoms with Gasteiger partial charge in [-0.25, -0.2) is 0 Å². The molecule has 0 aliphatic heterocycles. The fourth-order valence-corrected chi connectivity index (χ4v) is 2.45. The molecule has 0 spiro atoms. The number of carbonyl (C=O) groups excluding carboxylic acids is 1. The standard InChI is InChI=1S/C14H16N2O/c15-10-12(13-8-4-5-9-16-13)14(17)11-6-2-1-3-7-11/h4-5,8-9,11-12H,1-3,6-7H2. The number of nitrogens with zero attached hydrogens (tertiary/aromatic N) is 2. The van der Waals surface area contributed by atoms with Gasteiger partial charge in [-0.2, -0.15) is 5.26 Å². The fraction of sp³-hybridized carbons (Fsp3) is 0.500. The summed E-state index contributed by atoms with van der Waals surface area (Å²) in [6.07, 6.45) is 6.93. The first kappa shape index (κ1) is 11.8. The molecule has 17 heavy (non-hydrogen) atoms. The average molecular weight is 228 g/mol. The lowest BCUT2D eigenvalue weighted by atomic mass is 9.81. The molecule has 0 bridgehead atoms. The van der Waals surface area contributed by atoms with E-state index in [0.717, 1.165) is 25.7 Å². The van der Waals surface area contributed by atoms with Gasteiger partial charge >= 0.3 is 0 Å². The highest BCUT2D eigenvalue weighted by atomic mass is 16.1. The minimum atomic E-state index is -0.681. The van der Waals surface area contributed by atoms with E-state index in [9.17, 15) is 4.79 Å². The van der Waals surface area contributed by atoms with E-state index in [-0.39, 0.29) is 11.7 Å². The molecular weight excluding hydrogens is 212 g/mol. The number of aromatic nitrogens is 1. The topological polar surface area (TPSA) is 53.8 Å². The minimum Gasteiger partial charge on any atom is -0.297 e. The maximum absolute atomic E-state index is 12.3. The van der Waals surface area contributed by atoms with Crippen molar-refractivity contribution in [3.63, 3.8) is 0 Å². The van der Waals surface area contributed by atoms with Crippen molar-refractivity contribution in [2.75, 3.05) is 0 Å². The van der Waals surface area contributed by atoms with Crippen LogP contribution in [0.2, 0.25) is 0 Å². The number of ketones is 1.